The summed E-state index contributed by atoms with van der Waals surface area (Å²) in [5, 5.41) is 3.37. The fraction of sp³-hybridized carbons (Fsp3) is 0.625. The molecular weight excluding hydrogens is 192 g/mol. The highest BCUT2D eigenvalue weighted by atomic mass is 35.5. The number of hydrogen-bond acceptors (Lipinski definition) is 3. The van der Waals surface area contributed by atoms with Crippen molar-refractivity contribution in [2.75, 3.05) is 0 Å². The summed E-state index contributed by atoms with van der Waals surface area (Å²) in [6.07, 6.45) is 2.97. The van der Waals surface area contributed by atoms with Gasteiger partial charge >= 0.3 is 0 Å². The molecule has 68 valence electrons. The van der Waals surface area contributed by atoms with Crippen LogP contribution >= 0.6 is 22.9 Å². The highest BCUT2D eigenvalue weighted by molar-refractivity contribution is 7.15. The van der Waals surface area contributed by atoms with Crippen LogP contribution in [0.15, 0.2) is 6.20 Å². The van der Waals surface area contributed by atoms with Crippen LogP contribution in [0, 0.1) is 0 Å². The standard InChI is InChI=1S/C8H13ClN2S/c1-3-6(2)10-4-7-5-11-8(9)12-7/h5-6,10H,3-4H2,1-2H3. The van der Waals surface area contributed by atoms with Crippen molar-refractivity contribution in [1.29, 1.82) is 0 Å². The van der Waals surface area contributed by atoms with Gasteiger partial charge in [0, 0.05) is 23.7 Å². The van der Waals surface area contributed by atoms with E-state index in [1.54, 1.807) is 0 Å². The maximum atomic E-state index is 5.69. The average molecular weight is 205 g/mol. The van der Waals surface area contributed by atoms with Crippen LogP contribution < -0.4 is 5.32 Å². The molecule has 0 saturated heterocycles. The van der Waals surface area contributed by atoms with Crippen LogP contribution in [0.2, 0.25) is 4.47 Å². The molecule has 1 unspecified atom stereocenters. The van der Waals surface area contributed by atoms with Gasteiger partial charge in [0.15, 0.2) is 4.47 Å². The molecule has 1 aromatic rings. The summed E-state index contributed by atoms with van der Waals surface area (Å²) in [7, 11) is 0. The maximum Gasteiger partial charge on any atom is 0.183 e. The highest BCUT2D eigenvalue weighted by Gasteiger charge is 2.01. The molecule has 1 heterocycles. The number of hydrogen-bond donors (Lipinski definition) is 1. The summed E-state index contributed by atoms with van der Waals surface area (Å²) in [6.45, 7) is 5.21. The first-order valence-corrected chi connectivity index (χ1v) is 5.25. The van der Waals surface area contributed by atoms with E-state index in [2.05, 4.69) is 24.1 Å². The Labute approximate surface area is 82.0 Å². The zero-order valence-corrected chi connectivity index (χ0v) is 8.87. The van der Waals surface area contributed by atoms with Crippen molar-refractivity contribution in [3.8, 4) is 0 Å². The van der Waals surface area contributed by atoms with Gasteiger partial charge in [-0.05, 0) is 13.3 Å². The maximum absolute atomic E-state index is 5.69. The summed E-state index contributed by atoms with van der Waals surface area (Å²) < 4.78 is 0.621. The fourth-order valence-corrected chi connectivity index (χ4v) is 1.71. The lowest BCUT2D eigenvalue weighted by Gasteiger charge is -2.08. The summed E-state index contributed by atoms with van der Waals surface area (Å²) in [5.41, 5.74) is 0. The topological polar surface area (TPSA) is 24.9 Å². The second-order valence-corrected chi connectivity index (χ2v) is 4.47. The van der Waals surface area contributed by atoms with Crippen molar-refractivity contribution >= 4 is 22.9 Å². The van der Waals surface area contributed by atoms with Crippen molar-refractivity contribution in [3.63, 3.8) is 0 Å². The zero-order chi connectivity index (χ0) is 8.97. The number of rotatable bonds is 4. The molecule has 0 aliphatic carbocycles. The van der Waals surface area contributed by atoms with Gasteiger partial charge in [-0.15, -0.1) is 11.3 Å². The Morgan fingerprint density at radius 3 is 3.00 bits per heavy atom. The zero-order valence-electron chi connectivity index (χ0n) is 7.30. The number of nitrogens with one attached hydrogen (secondary N) is 1. The Bertz CT molecular complexity index is 237. The molecule has 0 spiro atoms. The molecule has 0 amide bonds. The number of aromatic nitrogens is 1. The van der Waals surface area contributed by atoms with Crippen molar-refractivity contribution in [3.05, 3.63) is 15.5 Å². The highest BCUT2D eigenvalue weighted by Crippen LogP contribution is 2.17. The lowest BCUT2D eigenvalue weighted by atomic mass is 10.2. The third-order valence-corrected chi connectivity index (χ3v) is 2.88. The normalized spacial score (nSPS) is 13.2. The van der Waals surface area contributed by atoms with Crippen molar-refractivity contribution in [2.24, 2.45) is 0 Å². The lowest BCUT2D eigenvalue weighted by Crippen LogP contribution is -2.23. The second-order valence-electron chi connectivity index (χ2n) is 2.77. The second kappa shape index (κ2) is 4.80. The lowest BCUT2D eigenvalue weighted by molar-refractivity contribution is 0.537. The minimum atomic E-state index is 0.561. The van der Waals surface area contributed by atoms with Crippen LogP contribution in [-0.4, -0.2) is 11.0 Å². The Hall–Kier alpha value is -0.120. The molecule has 1 aromatic heterocycles. The van der Waals surface area contributed by atoms with Crippen molar-refractivity contribution in [2.45, 2.75) is 32.9 Å². The van der Waals surface area contributed by atoms with E-state index in [0.717, 1.165) is 13.0 Å². The molecule has 12 heavy (non-hydrogen) atoms. The van der Waals surface area contributed by atoms with Gasteiger partial charge < -0.3 is 5.32 Å². The predicted octanol–water partition coefficient (Wildman–Crippen LogP) is 2.68. The first-order valence-electron chi connectivity index (χ1n) is 4.06. The predicted molar refractivity (Wildman–Crippen MR) is 53.7 cm³/mol. The van der Waals surface area contributed by atoms with Crippen LogP contribution in [0.4, 0.5) is 0 Å². The summed E-state index contributed by atoms with van der Waals surface area (Å²) >= 11 is 7.22. The largest absolute Gasteiger partial charge is 0.309 e. The molecule has 0 aliphatic rings. The van der Waals surface area contributed by atoms with E-state index in [1.165, 1.54) is 16.2 Å². The number of nitrogens with zero attached hydrogens (tertiary/aromatic N) is 1. The van der Waals surface area contributed by atoms with Crippen LogP contribution in [0.5, 0.6) is 0 Å². The fourth-order valence-electron chi connectivity index (χ4n) is 0.785. The van der Waals surface area contributed by atoms with E-state index >= 15 is 0 Å². The summed E-state index contributed by atoms with van der Waals surface area (Å²) in [6, 6.07) is 0.561. The van der Waals surface area contributed by atoms with Gasteiger partial charge in [0.25, 0.3) is 0 Å². The Kier molecular flexibility index (Phi) is 3.98. The summed E-state index contributed by atoms with van der Waals surface area (Å²) in [5.74, 6) is 0. The van der Waals surface area contributed by atoms with E-state index in [9.17, 15) is 0 Å². The quantitative estimate of drug-likeness (QED) is 0.816. The Morgan fingerprint density at radius 2 is 2.50 bits per heavy atom. The molecule has 4 heteroatoms. The van der Waals surface area contributed by atoms with E-state index < -0.39 is 0 Å². The van der Waals surface area contributed by atoms with Crippen molar-refractivity contribution in [1.82, 2.24) is 10.3 Å². The molecule has 1 atom stereocenters. The minimum absolute atomic E-state index is 0.561. The molecule has 0 aliphatic heterocycles. The minimum Gasteiger partial charge on any atom is -0.309 e. The van der Waals surface area contributed by atoms with E-state index in [1.807, 2.05) is 6.20 Å². The number of thiazole rings is 1. The number of halogens is 1. The van der Waals surface area contributed by atoms with Crippen LogP contribution in [0.3, 0.4) is 0 Å². The van der Waals surface area contributed by atoms with Crippen LogP contribution in [-0.2, 0) is 6.54 Å². The van der Waals surface area contributed by atoms with Crippen LogP contribution in [0.1, 0.15) is 25.1 Å². The average Bonchev–Trinajstić information content (AvgIpc) is 2.47. The van der Waals surface area contributed by atoms with E-state index in [4.69, 9.17) is 11.6 Å². The Balaban J connectivity index is 2.33. The molecule has 0 bridgehead atoms. The van der Waals surface area contributed by atoms with E-state index in [-0.39, 0.29) is 0 Å². The van der Waals surface area contributed by atoms with Crippen molar-refractivity contribution < 1.29 is 0 Å². The first kappa shape index (κ1) is 9.96. The molecule has 0 radical (unpaired) electrons. The SMILES string of the molecule is CCC(C)NCc1cnc(Cl)s1. The molecule has 1 N–H and O–H groups in total. The third kappa shape index (κ3) is 3.09. The van der Waals surface area contributed by atoms with Gasteiger partial charge in [0.1, 0.15) is 0 Å². The molecular formula is C8H13ClN2S. The first-order chi connectivity index (χ1) is 5.72. The summed E-state index contributed by atoms with van der Waals surface area (Å²) in [4.78, 5) is 5.16. The van der Waals surface area contributed by atoms with Gasteiger partial charge in [-0.1, -0.05) is 18.5 Å². The van der Waals surface area contributed by atoms with Gasteiger partial charge in [0.2, 0.25) is 0 Å². The van der Waals surface area contributed by atoms with Crippen LogP contribution in [0.25, 0.3) is 0 Å². The molecule has 0 aromatic carbocycles. The molecule has 1 rings (SSSR count). The third-order valence-electron chi connectivity index (χ3n) is 1.76. The molecule has 0 saturated carbocycles. The smallest absolute Gasteiger partial charge is 0.183 e. The van der Waals surface area contributed by atoms with Gasteiger partial charge in [-0.2, -0.15) is 0 Å². The van der Waals surface area contributed by atoms with Gasteiger partial charge in [0.05, 0.1) is 0 Å². The monoisotopic (exact) mass is 204 g/mol. The molecule has 0 fully saturated rings. The molecule has 2 nitrogen and oxygen atoms in total. The van der Waals surface area contributed by atoms with E-state index in [0.29, 0.717) is 10.5 Å². The van der Waals surface area contributed by atoms with Gasteiger partial charge in [-0.3, -0.25) is 0 Å². The van der Waals surface area contributed by atoms with Gasteiger partial charge in [-0.25, -0.2) is 4.98 Å². The Morgan fingerprint density at radius 1 is 1.75 bits per heavy atom.